The third-order valence-electron chi connectivity index (χ3n) is 3.34. The molecule has 0 bridgehead atoms. The van der Waals surface area contributed by atoms with Gasteiger partial charge in [-0.15, -0.1) is 0 Å². The normalized spacial score (nSPS) is 22.2. The Morgan fingerprint density at radius 1 is 1.65 bits per heavy atom. The molecule has 2 atom stereocenters. The second-order valence-corrected chi connectivity index (χ2v) is 4.59. The monoisotopic (exact) mass is 233 g/mol. The van der Waals surface area contributed by atoms with Crippen LogP contribution in [0.5, 0.6) is 0 Å². The van der Waals surface area contributed by atoms with E-state index in [0.29, 0.717) is 0 Å². The summed E-state index contributed by atoms with van der Waals surface area (Å²) in [5.41, 5.74) is 0.989. The van der Waals surface area contributed by atoms with E-state index in [1.54, 1.807) is 12.4 Å². The Hall–Kier alpha value is -1.42. The van der Waals surface area contributed by atoms with Crippen LogP contribution in [0.1, 0.15) is 25.3 Å². The second kappa shape index (κ2) is 5.27. The molecule has 17 heavy (non-hydrogen) atoms. The molecule has 1 amide bonds. The highest BCUT2D eigenvalue weighted by molar-refractivity contribution is 5.83. The van der Waals surface area contributed by atoms with E-state index < -0.39 is 0 Å². The molecule has 2 heterocycles. The lowest BCUT2D eigenvalue weighted by Crippen LogP contribution is -2.53. The fourth-order valence-corrected chi connectivity index (χ4v) is 2.19. The number of hydrogen-bond donors (Lipinski definition) is 1. The highest BCUT2D eigenvalue weighted by atomic mass is 16.2. The smallest absolute Gasteiger partial charge is 0.230 e. The lowest BCUT2D eigenvalue weighted by Gasteiger charge is -2.35. The van der Waals surface area contributed by atoms with Crippen LogP contribution < -0.4 is 5.32 Å². The average Bonchev–Trinajstić information content (AvgIpc) is 2.39. The highest BCUT2D eigenvalue weighted by Crippen LogP contribution is 2.18. The van der Waals surface area contributed by atoms with E-state index in [4.69, 9.17) is 0 Å². The van der Waals surface area contributed by atoms with E-state index in [0.717, 1.165) is 25.2 Å². The van der Waals surface area contributed by atoms with E-state index in [2.05, 4.69) is 17.2 Å². The molecule has 4 heteroatoms. The minimum absolute atomic E-state index is 0.107. The van der Waals surface area contributed by atoms with Crippen LogP contribution in [-0.2, 0) is 4.79 Å². The molecule has 4 nitrogen and oxygen atoms in total. The van der Waals surface area contributed by atoms with Gasteiger partial charge in [-0.25, -0.2) is 0 Å². The first-order chi connectivity index (χ1) is 8.20. The first-order valence-corrected chi connectivity index (χ1v) is 6.11. The van der Waals surface area contributed by atoms with Gasteiger partial charge in [0.1, 0.15) is 0 Å². The molecule has 1 aliphatic rings. The maximum absolute atomic E-state index is 12.4. The first-order valence-electron chi connectivity index (χ1n) is 6.11. The van der Waals surface area contributed by atoms with Gasteiger partial charge in [0.15, 0.2) is 0 Å². The molecular weight excluding hydrogens is 214 g/mol. The lowest BCUT2D eigenvalue weighted by molar-refractivity contribution is -0.135. The molecule has 1 N–H and O–H groups in total. The summed E-state index contributed by atoms with van der Waals surface area (Å²) in [4.78, 5) is 18.4. The van der Waals surface area contributed by atoms with Crippen molar-refractivity contribution in [3.8, 4) is 0 Å². The molecule has 0 saturated carbocycles. The van der Waals surface area contributed by atoms with Crippen molar-refractivity contribution >= 4 is 5.91 Å². The SMILES string of the molecule is CC(C(=O)N1CCNCC1C)c1cccnc1. The zero-order valence-electron chi connectivity index (χ0n) is 10.4. The van der Waals surface area contributed by atoms with E-state index in [1.807, 2.05) is 24.0 Å². The zero-order valence-corrected chi connectivity index (χ0v) is 10.4. The summed E-state index contributed by atoms with van der Waals surface area (Å²) < 4.78 is 0. The number of carbonyl (C=O) groups is 1. The van der Waals surface area contributed by atoms with Crippen molar-refractivity contribution in [1.29, 1.82) is 0 Å². The van der Waals surface area contributed by atoms with Crippen molar-refractivity contribution in [2.75, 3.05) is 19.6 Å². The Morgan fingerprint density at radius 3 is 3.12 bits per heavy atom. The molecule has 0 radical (unpaired) electrons. The van der Waals surface area contributed by atoms with Crippen molar-refractivity contribution < 1.29 is 4.79 Å². The molecule has 92 valence electrons. The van der Waals surface area contributed by atoms with Crippen LogP contribution >= 0.6 is 0 Å². The summed E-state index contributed by atoms with van der Waals surface area (Å²) in [7, 11) is 0. The van der Waals surface area contributed by atoms with Gasteiger partial charge in [-0.05, 0) is 25.5 Å². The molecule has 1 aliphatic heterocycles. The number of pyridine rings is 1. The first kappa shape index (κ1) is 12.0. The lowest BCUT2D eigenvalue weighted by atomic mass is 10.0. The summed E-state index contributed by atoms with van der Waals surface area (Å²) in [6, 6.07) is 4.11. The number of nitrogens with one attached hydrogen (secondary N) is 1. The Labute approximate surface area is 102 Å². The van der Waals surface area contributed by atoms with Crippen molar-refractivity contribution in [2.24, 2.45) is 0 Å². The average molecular weight is 233 g/mol. The minimum Gasteiger partial charge on any atom is -0.337 e. The number of aromatic nitrogens is 1. The summed E-state index contributed by atoms with van der Waals surface area (Å²) in [6.45, 7) is 6.60. The Kier molecular flexibility index (Phi) is 3.74. The predicted molar refractivity (Wildman–Crippen MR) is 66.7 cm³/mol. The fourth-order valence-electron chi connectivity index (χ4n) is 2.19. The molecule has 0 aliphatic carbocycles. The van der Waals surface area contributed by atoms with Crippen LogP contribution in [0.4, 0.5) is 0 Å². The number of carbonyl (C=O) groups excluding carboxylic acids is 1. The van der Waals surface area contributed by atoms with E-state index in [1.165, 1.54) is 0 Å². The van der Waals surface area contributed by atoms with Crippen LogP contribution in [0.25, 0.3) is 0 Å². The third-order valence-corrected chi connectivity index (χ3v) is 3.34. The zero-order chi connectivity index (χ0) is 12.3. The van der Waals surface area contributed by atoms with Crippen molar-refractivity contribution in [1.82, 2.24) is 15.2 Å². The Bertz CT molecular complexity index is 380. The van der Waals surface area contributed by atoms with E-state index >= 15 is 0 Å². The maximum Gasteiger partial charge on any atom is 0.230 e. The van der Waals surface area contributed by atoms with Gasteiger partial charge in [-0.2, -0.15) is 0 Å². The third kappa shape index (κ3) is 2.64. The van der Waals surface area contributed by atoms with Gasteiger partial charge >= 0.3 is 0 Å². The highest BCUT2D eigenvalue weighted by Gasteiger charge is 2.27. The van der Waals surface area contributed by atoms with Crippen LogP contribution in [-0.4, -0.2) is 41.5 Å². The van der Waals surface area contributed by atoms with Crippen molar-refractivity contribution in [3.05, 3.63) is 30.1 Å². The molecule has 2 unspecified atom stereocenters. The molecule has 1 aromatic rings. The predicted octanol–water partition coefficient (Wildman–Crippen LogP) is 1.01. The minimum atomic E-state index is -0.107. The molecule has 0 spiro atoms. The van der Waals surface area contributed by atoms with Gasteiger partial charge in [0.05, 0.1) is 5.92 Å². The van der Waals surface area contributed by atoms with Crippen LogP contribution in [0.3, 0.4) is 0 Å². The van der Waals surface area contributed by atoms with E-state index in [9.17, 15) is 4.79 Å². The number of piperazine rings is 1. The fraction of sp³-hybridized carbons (Fsp3) is 0.538. The number of hydrogen-bond acceptors (Lipinski definition) is 3. The standard InChI is InChI=1S/C13H19N3O/c1-10-8-15-6-7-16(10)13(17)11(2)12-4-3-5-14-9-12/h3-5,9-11,15H,6-8H2,1-2H3. The van der Waals surface area contributed by atoms with Crippen LogP contribution in [0.2, 0.25) is 0 Å². The van der Waals surface area contributed by atoms with Crippen LogP contribution in [0.15, 0.2) is 24.5 Å². The summed E-state index contributed by atoms with van der Waals surface area (Å²) in [5.74, 6) is 0.0938. The topological polar surface area (TPSA) is 45.2 Å². The van der Waals surface area contributed by atoms with E-state index in [-0.39, 0.29) is 17.9 Å². The number of nitrogens with zero attached hydrogens (tertiary/aromatic N) is 2. The van der Waals surface area contributed by atoms with Crippen molar-refractivity contribution in [2.45, 2.75) is 25.8 Å². The number of amides is 1. The Balaban J connectivity index is 2.09. The van der Waals surface area contributed by atoms with Crippen molar-refractivity contribution in [3.63, 3.8) is 0 Å². The summed E-state index contributed by atoms with van der Waals surface area (Å²) in [6.07, 6.45) is 3.50. The molecule has 1 fully saturated rings. The summed E-state index contributed by atoms with van der Waals surface area (Å²) in [5, 5.41) is 3.29. The largest absolute Gasteiger partial charge is 0.337 e. The molecule has 2 rings (SSSR count). The van der Waals surface area contributed by atoms with Gasteiger partial charge < -0.3 is 10.2 Å². The molecule has 1 saturated heterocycles. The van der Waals surface area contributed by atoms with Gasteiger partial charge in [-0.1, -0.05) is 6.07 Å². The van der Waals surface area contributed by atoms with Gasteiger partial charge in [-0.3, -0.25) is 9.78 Å². The van der Waals surface area contributed by atoms with Gasteiger partial charge in [0.2, 0.25) is 5.91 Å². The quantitative estimate of drug-likeness (QED) is 0.829. The van der Waals surface area contributed by atoms with Gasteiger partial charge in [0.25, 0.3) is 0 Å². The van der Waals surface area contributed by atoms with Crippen LogP contribution in [0, 0.1) is 0 Å². The number of rotatable bonds is 2. The maximum atomic E-state index is 12.4. The Morgan fingerprint density at radius 2 is 2.47 bits per heavy atom. The molecular formula is C13H19N3O. The molecule has 0 aromatic carbocycles. The summed E-state index contributed by atoms with van der Waals surface area (Å²) >= 11 is 0. The molecule has 1 aromatic heterocycles. The second-order valence-electron chi connectivity index (χ2n) is 4.59. The van der Waals surface area contributed by atoms with Gasteiger partial charge in [0, 0.05) is 38.1 Å².